The van der Waals surface area contributed by atoms with Crippen molar-refractivity contribution >= 4 is 16.0 Å². The number of hydrogen-bond acceptors (Lipinski definition) is 4. The van der Waals surface area contributed by atoms with Crippen LogP contribution in [-0.4, -0.2) is 4.21 Å². The third kappa shape index (κ3) is 2.26. The van der Waals surface area contributed by atoms with Gasteiger partial charge in [-0.25, -0.2) is 0 Å². The number of rotatable bonds is 1. The molecular formula is C14H9NO3S. The molecule has 0 saturated carbocycles. The molecule has 1 heterocycles. The fourth-order valence-electron chi connectivity index (χ4n) is 1.62. The molecule has 4 nitrogen and oxygen atoms in total. The van der Waals surface area contributed by atoms with E-state index in [0.717, 1.165) is 5.56 Å². The number of para-hydroxylation sites is 2. The second kappa shape index (κ2) is 4.34. The predicted molar refractivity (Wildman–Crippen MR) is 72.3 cm³/mol. The molecule has 5 heteroatoms. The third-order valence-electron chi connectivity index (χ3n) is 2.49. The van der Waals surface area contributed by atoms with Gasteiger partial charge in [0.05, 0.1) is 5.69 Å². The zero-order valence-electron chi connectivity index (χ0n) is 9.78. The summed E-state index contributed by atoms with van der Waals surface area (Å²) in [7, 11) is -3.21. The fourth-order valence-corrected chi connectivity index (χ4v) is 2.83. The molecule has 0 spiro atoms. The maximum atomic E-state index is 12.3. The molecule has 0 N–H and O–H groups in total. The minimum absolute atomic E-state index is 0.427. The normalized spacial score (nSPS) is 14.7. The van der Waals surface area contributed by atoms with Crippen molar-refractivity contribution < 1.29 is 12.6 Å². The van der Waals surface area contributed by atoms with Gasteiger partial charge in [-0.3, -0.25) is 0 Å². The smallest absolute Gasteiger partial charge is 0.364 e. The predicted octanol–water partition coefficient (Wildman–Crippen LogP) is 3.07. The Hall–Kier alpha value is -2.45. The average Bonchev–Trinajstić information content (AvgIpc) is 2.75. The number of benzene rings is 2. The topological polar surface area (TPSA) is 47.9 Å². The second-order valence-electron chi connectivity index (χ2n) is 3.82. The molecule has 0 fully saturated rings. The van der Waals surface area contributed by atoms with Crippen molar-refractivity contribution in [3.8, 4) is 23.8 Å². The van der Waals surface area contributed by atoms with Gasteiger partial charge >= 0.3 is 10.3 Å². The van der Waals surface area contributed by atoms with Crippen molar-refractivity contribution in [1.29, 1.82) is 0 Å². The molecule has 1 aliphatic rings. The summed E-state index contributed by atoms with van der Waals surface area (Å²) in [6, 6.07) is 13.7. The van der Waals surface area contributed by atoms with Crippen LogP contribution >= 0.6 is 0 Å². The average molecular weight is 271 g/mol. The van der Waals surface area contributed by atoms with Crippen LogP contribution in [0.2, 0.25) is 0 Å². The molecule has 19 heavy (non-hydrogen) atoms. The lowest BCUT2D eigenvalue weighted by Gasteiger charge is -2.00. The van der Waals surface area contributed by atoms with E-state index < -0.39 is 10.3 Å². The van der Waals surface area contributed by atoms with Gasteiger partial charge in [0, 0.05) is 5.56 Å². The molecular weight excluding hydrogens is 262 g/mol. The molecule has 2 aromatic carbocycles. The first-order chi connectivity index (χ1) is 9.18. The third-order valence-corrected chi connectivity index (χ3v) is 3.71. The van der Waals surface area contributed by atoms with Crippen LogP contribution in [0, 0.1) is 12.3 Å². The first kappa shape index (κ1) is 11.6. The first-order valence-corrected chi connectivity index (χ1v) is 6.87. The number of terminal acetylenes is 1. The summed E-state index contributed by atoms with van der Waals surface area (Å²) >= 11 is 0. The molecule has 2 aromatic rings. The highest BCUT2D eigenvalue weighted by molar-refractivity contribution is 7.85. The Morgan fingerprint density at radius 3 is 2.11 bits per heavy atom. The summed E-state index contributed by atoms with van der Waals surface area (Å²) in [6.07, 6.45) is 5.26. The SMILES string of the molecule is C#Cc1ccc(N=S2(=O)Oc3ccccc3O2)cc1. The van der Waals surface area contributed by atoms with Gasteiger partial charge in [-0.1, -0.05) is 18.1 Å². The van der Waals surface area contributed by atoms with Crippen LogP contribution in [0.5, 0.6) is 11.5 Å². The molecule has 0 aromatic heterocycles. The minimum Gasteiger partial charge on any atom is -0.364 e. The highest BCUT2D eigenvalue weighted by Crippen LogP contribution is 2.36. The Bertz CT molecular complexity index is 750. The van der Waals surface area contributed by atoms with Crippen molar-refractivity contribution in [3.05, 3.63) is 54.1 Å². The molecule has 0 amide bonds. The van der Waals surface area contributed by atoms with Crippen molar-refractivity contribution in [1.82, 2.24) is 0 Å². The first-order valence-electron chi connectivity index (χ1n) is 5.50. The van der Waals surface area contributed by atoms with E-state index in [4.69, 9.17) is 14.8 Å². The van der Waals surface area contributed by atoms with Crippen LogP contribution in [0.25, 0.3) is 0 Å². The summed E-state index contributed by atoms with van der Waals surface area (Å²) in [4.78, 5) is 0. The van der Waals surface area contributed by atoms with Gasteiger partial charge in [0.15, 0.2) is 11.5 Å². The van der Waals surface area contributed by atoms with E-state index in [1.807, 2.05) is 0 Å². The van der Waals surface area contributed by atoms with E-state index in [2.05, 4.69) is 10.3 Å². The van der Waals surface area contributed by atoms with Crippen LogP contribution in [0.3, 0.4) is 0 Å². The second-order valence-corrected chi connectivity index (χ2v) is 5.20. The molecule has 0 bridgehead atoms. The zero-order chi connectivity index (χ0) is 13.3. The van der Waals surface area contributed by atoms with Crippen LogP contribution in [0.4, 0.5) is 5.69 Å². The van der Waals surface area contributed by atoms with Crippen molar-refractivity contribution in [2.75, 3.05) is 0 Å². The molecule has 3 rings (SSSR count). The van der Waals surface area contributed by atoms with Crippen LogP contribution in [0.15, 0.2) is 52.9 Å². The van der Waals surface area contributed by atoms with Gasteiger partial charge in [-0.05, 0) is 36.4 Å². The van der Waals surface area contributed by atoms with Crippen molar-refractivity contribution in [2.24, 2.45) is 4.36 Å². The Kier molecular flexibility index (Phi) is 2.65. The van der Waals surface area contributed by atoms with Gasteiger partial charge in [0.2, 0.25) is 0 Å². The number of nitrogens with zero attached hydrogens (tertiary/aromatic N) is 1. The van der Waals surface area contributed by atoms with Gasteiger partial charge < -0.3 is 8.37 Å². The van der Waals surface area contributed by atoms with Gasteiger partial charge in [0.1, 0.15) is 0 Å². The molecule has 0 aliphatic carbocycles. The van der Waals surface area contributed by atoms with Gasteiger partial charge in [-0.2, -0.15) is 4.21 Å². The van der Waals surface area contributed by atoms with Gasteiger partial charge in [-0.15, -0.1) is 10.8 Å². The number of fused-ring (bicyclic) bond motifs is 1. The zero-order valence-corrected chi connectivity index (χ0v) is 10.6. The maximum absolute atomic E-state index is 12.3. The van der Waals surface area contributed by atoms with Crippen molar-refractivity contribution in [3.63, 3.8) is 0 Å². The summed E-state index contributed by atoms with van der Waals surface area (Å²) in [5.74, 6) is 3.35. The Labute approximate surface area is 111 Å². The highest BCUT2D eigenvalue weighted by Gasteiger charge is 2.26. The summed E-state index contributed by atoms with van der Waals surface area (Å²) < 4.78 is 26.8. The molecule has 94 valence electrons. The van der Waals surface area contributed by atoms with Gasteiger partial charge in [0.25, 0.3) is 0 Å². The fraction of sp³-hybridized carbons (Fsp3) is 0. The largest absolute Gasteiger partial charge is 0.393 e. The lowest BCUT2D eigenvalue weighted by molar-refractivity contribution is 0.505. The molecule has 0 saturated heterocycles. The minimum atomic E-state index is -3.21. The number of hydrogen-bond donors (Lipinski definition) is 0. The summed E-state index contributed by atoms with van der Waals surface area (Å²) in [5.41, 5.74) is 1.21. The Morgan fingerprint density at radius 1 is 1.00 bits per heavy atom. The van der Waals surface area contributed by atoms with E-state index in [9.17, 15) is 4.21 Å². The molecule has 0 radical (unpaired) electrons. The summed E-state index contributed by atoms with van der Waals surface area (Å²) in [6.45, 7) is 0. The van der Waals surface area contributed by atoms with E-state index in [0.29, 0.717) is 17.2 Å². The molecule has 0 atom stereocenters. The Balaban J connectivity index is 1.97. The highest BCUT2D eigenvalue weighted by atomic mass is 32.2. The monoisotopic (exact) mass is 271 g/mol. The van der Waals surface area contributed by atoms with Crippen molar-refractivity contribution in [2.45, 2.75) is 0 Å². The quantitative estimate of drug-likeness (QED) is 0.749. The van der Waals surface area contributed by atoms with E-state index in [1.54, 1.807) is 48.5 Å². The van der Waals surface area contributed by atoms with E-state index in [1.165, 1.54) is 0 Å². The Morgan fingerprint density at radius 2 is 1.58 bits per heavy atom. The van der Waals surface area contributed by atoms with E-state index in [-0.39, 0.29) is 0 Å². The van der Waals surface area contributed by atoms with E-state index >= 15 is 0 Å². The molecule has 0 unspecified atom stereocenters. The lowest BCUT2D eigenvalue weighted by atomic mass is 10.2. The standard InChI is InChI=1S/C14H9NO3S/c1-2-11-7-9-12(10-8-11)15-19(16)17-13-5-3-4-6-14(13)18-19/h1,3-10H. The maximum Gasteiger partial charge on any atom is 0.393 e. The summed E-state index contributed by atoms with van der Waals surface area (Å²) in [5, 5.41) is 0. The van der Waals surface area contributed by atoms with Crippen LogP contribution in [-0.2, 0) is 10.3 Å². The van der Waals surface area contributed by atoms with Crippen LogP contribution < -0.4 is 8.37 Å². The van der Waals surface area contributed by atoms with Crippen LogP contribution in [0.1, 0.15) is 5.56 Å². The molecule has 1 aliphatic heterocycles. The lowest BCUT2D eigenvalue weighted by Crippen LogP contribution is -2.08.